The van der Waals surface area contributed by atoms with E-state index in [0.717, 1.165) is 6.08 Å². The molecule has 0 saturated carbocycles. The molecule has 0 aliphatic heterocycles. The van der Waals surface area contributed by atoms with Gasteiger partial charge in [0, 0.05) is 12.4 Å². The Morgan fingerprint density at radius 2 is 1.93 bits per heavy atom. The molecule has 0 aromatic heterocycles. The van der Waals surface area contributed by atoms with E-state index >= 15 is 0 Å². The summed E-state index contributed by atoms with van der Waals surface area (Å²) < 4.78 is 0. The van der Waals surface area contributed by atoms with Crippen molar-refractivity contribution in [3.8, 4) is 0 Å². The van der Waals surface area contributed by atoms with Crippen molar-refractivity contribution in [3.05, 3.63) is 12.7 Å². The van der Waals surface area contributed by atoms with Crippen LogP contribution in [-0.4, -0.2) is 54.5 Å². The number of hydrogen-bond acceptors (Lipinski definition) is 5. The average molecular weight is 240 g/mol. The van der Waals surface area contributed by atoms with E-state index in [4.69, 9.17) is 0 Å². The maximum absolute atomic E-state index is 11.1. The number of allylic oxidation sites excluding steroid dienone is 1. The van der Waals surface area contributed by atoms with Crippen LogP contribution < -0.4 is 10.2 Å². The first-order chi connectivity index (χ1) is 5.84. The standard InChI is InChI=1S/C8H10O4S.Ca/c1-3-5(9)8(2,7(12)13)4-6(10)11;/h3H,1,4H2,2H3,(H,10,11)(H,12,13);/q;+2/p-2. The molecule has 0 radical (unpaired) electrons. The summed E-state index contributed by atoms with van der Waals surface area (Å²) in [6.45, 7) is 4.32. The maximum atomic E-state index is 11.1. The minimum atomic E-state index is -1.71. The van der Waals surface area contributed by atoms with Gasteiger partial charge >= 0.3 is 37.7 Å². The Kier molecular flexibility index (Phi) is 7.64. The van der Waals surface area contributed by atoms with Crippen molar-refractivity contribution in [2.24, 2.45) is 5.41 Å². The fraction of sp³-hybridized carbons (Fsp3) is 0.375. The van der Waals surface area contributed by atoms with Crippen molar-refractivity contribution in [1.29, 1.82) is 0 Å². The molecule has 0 saturated heterocycles. The van der Waals surface area contributed by atoms with E-state index in [2.05, 4.69) is 18.8 Å². The molecule has 4 nitrogen and oxygen atoms in total. The molecule has 0 spiro atoms. The van der Waals surface area contributed by atoms with E-state index < -0.39 is 28.6 Å². The van der Waals surface area contributed by atoms with Crippen molar-refractivity contribution < 1.29 is 19.8 Å². The maximum Gasteiger partial charge on any atom is 2.00 e. The molecule has 0 aromatic rings. The fourth-order valence-corrected chi connectivity index (χ4v) is 0.947. The molecule has 0 rings (SSSR count). The van der Waals surface area contributed by atoms with Crippen LogP contribution in [0.1, 0.15) is 13.3 Å². The fourth-order valence-electron chi connectivity index (χ4n) is 0.774. The molecular weight excluding hydrogens is 232 g/mol. The van der Waals surface area contributed by atoms with Gasteiger partial charge in [0.15, 0.2) is 5.78 Å². The minimum Gasteiger partial charge on any atom is -0.867 e. The van der Waals surface area contributed by atoms with E-state index in [1.165, 1.54) is 6.92 Å². The number of hydrogen-bond donors (Lipinski definition) is 0. The van der Waals surface area contributed by atoms with Crippen LogP contribution >= 0.6 is 12.2 Å². The molecule has 0 fully saturated rings. The number of thiocarbonyl (C=S) groups is 1. The summed E-state index contributed by atoms with van der Waals surface area (Å²) in [5.74, 6) is -2.19. The van der Waals surface area contributed by atoms with E-state index in [1.54, 1.807) is 0 Å². The Hall–Kier alpha value is 0.0297. The van der Waals surface area contributed by atoms with Crippen molar-refractivity contribution in [2.75, 3.05) is 0 Å². The van der Waals surface area contributed by atoms with Crippen LogP contribution in [-0.2, 0) is 9.59 Å². The second-order valence-corrected chi connectivity index (χ2v) is 3.11. The molecule has 0 aliphatic rings. The van der Waals surface area contributed by atoms with E-state index in [-0.39, 0.29) is 37.7 Å². The third-order valence-corrected chi connectivity index (χ3v) is 2.13. The zero-order valence-corrected chi connectivity index (χ0v) is 10.8. The van der Waals surface area contributed by atoms with Crippen LogP contribution in [0.3, 0.4) is 0 Å². The first kappa shape index (κ1) is 16.5. The van der Waals surface area contributed by atoms with Gasteiger partial charge in [0.25, 0.3) is 0 Å². The summed E-state index contributed by atoms with van der Waals surface area (Å²) in [7, 11) is 0. The Bertz CT molecular complexity index is 277. The van der Waals surface area contributed by atoms with E-state index in [0.29, 0.717) is 0 Å². The average Bonchev–Trinajstić information content (AvgIpc) is 2.01. The smallest absolute Gasteiger partial charge is 0.867 e. The SMILES string of the molecule is C=CC(=O)C(C)(CC(=O)[O-])C([O-])=S.[Ca+2]. The molecule has 0 bridgehead atoms. The second-order valence-electron chi connectivity index (χ2n) is 2.74. The molecule has 0 aromatic carbocycles. The summed E-state index contributed by atoms with van der Waals surface area (Å²) in [5.41, 5.74) is -1.71. The van der Waals surface area contributed by atoms with Crippen molar-refractivity contribution in [3.63, 3.8) is 0 Å². The Labute approximate surface area is 117 Å². The van der Waals surface area contributed by atoms with Crippen LogP contribution in [0.5, 0.6) is 0 Å². The van der Waals surface area contributed by atoms with Gasteiger partial charge in [-0.25, -0.2) is 0 Å². The normalized spacial score (nSPS) is 13.2. The minimum absolute atomic E-state index is 0. The van der Waals surface area contributed by atoms with Crippen molar-refractivity contribution >= 4 is 66.8 Å². The number of carbonyl (C=O) groups excluding carboxylic acids is 2. The summed E-state index contributed by atoms with van der Waals surface area (Å²) in [6, 6.07) is 0. The van der Waals surface area contributed by atoms with Gasteiger partial charge in [-0.05, 0) is 13.0 Å². The zero-order valence-electron chi connectivity index (χ0n) is 7.74. The van der Waals surface area contributed by atoms with Gasteiger partial charge in [-0.2, -0.15) is 0 Å². The number of carboxylic acids is 1. The van der Waals surface area contributed by atoms with Crippen LogP contribution in [0.25, 0.3) is 0 Å². The molecule has 0 aliphatic carbocycles. The monoisotopic (exact) mass is 240 g/mol. The van der Waals surface area contributed by atoms with E-state index in [9.17, 15) is 19.8 Å². The number of carboxylic acid groups (broad SMARTS) is 1. The zero-order chi connectivity index (χ0) is 10.6. The predicted octanol–water partition coefficient (Wildman–Crippen LogP) is -1.81. The first-order valence-electron chi connectivity index (χ1n) is 3.42. The second kappa shape index (κ2) is 6.50. The van der Waals surface area contributed by atoms with Crippen LogP contribution in [0, 0.1) is 5.41 Å². The Morgan fingerprint density at radius 1 is 1.50 bits per heavy atom. The molecule has 1 unspecified atom stereocenters. The van der Waals surface area contributed by atoms with Crippen molar-refractivity contribution in [1.82, 2.24) is 0 Å². The number of rotatable bonds is 5. The molecule has 0 heterocycles. The third kappa shape index (κ3) is 4.04. The Morgan fingerprint density at radius 3 is 2.14 bits per heavy atom. The summed E-state index contributed by atoms with van der Waals surface area (Å²) in [5, 5.41) is 20.2. The van der Waals surface area contributed by atoms with Crippen molar-refractivity contribution in [2.45, 2.75) is 13.3 Å². The van der Waals surface area contributed by atoms with Gasteiger partial charge in [-0.15, -0.1) is 12.2 Å². The molecule has 72 valence electrons. The number of ketones is 1. The van der Waals surface area contributed by atoms with Crippen LogP contribution in [0.4, 0.5) is 0 Å². The van der Waals surface area contributed by atoms with Gasteiger partial charge in [0.05, 0.1) is 5.41 Å². The largest absolute Gasteiger partial charge is 2.00 e. The van der Waals surface area contributed by atoms with Gasteiger partial charge in [-0.1, -0.05) is 11.6 Å². The molecule has 1 atom stereocenters. The third-order valence-electron chi connectivity index (χ3n) is 1.68. The van der Waals surface area contributed by atoms with Gasteiger partial charge in [0.1, 0.15) is 0 Å². The van der Waals surface area contributed by atoms with Gasteiger partial charge in [0.2, 0.25) is 0 Å². The predicted molar refractivity (Wildman–Crippen MR) is 51.3 cm³/mol. The van der Waals surface area contributed by atoms with Crippen LogP contribution in [0.15, 0.2) is 12.7 Å². The van der Waals surface area contributed by atoms with Gasteiger partial charge in [-0.3, -0.25) is 4.79 Å². The topological polar surface area (TPSA) is 80.3 Å². The summed E-state index contributed by atoms with van der Waals surface area (Å²) in [4.78, 5) is 21.4. The number of aliphatic carboxylic acids is 1. The molecule has 0 amide bonds. The molecule has 0 N–H and O–H groups in total. The first-order valence-corrected chi connectivity index (χ1v) is 3.83. The summed E-state index contributed by atoms with van der Waals surface area (Å²) >= 11 is 4.28. The molecule has 14 heavy (non-hydrogen) atoms. The van der Waals surface area contributed by atoms with Gasteiger partial charge < -0.3 is 15.0 Å². The molecule has 6 heteroatoms. The quantitative estimate of drug-likeness (QED) is 0.321. The molecular formula is C8H8CaO4S. The van der Waals surface area contributed by atoms with E-state index in [1.807, 2.05) is 0 Å². The number of carbonyl (C=O) groups is 2. The summed E-state index contributed by atoms with van der Waals surface area (Å²) in [6.07, 6.45) is 0.174. The Balaban J connectivity index is 0. The van der Waals surface area contributed by atoms with Crippen LogP contribution in [0.2, 0.25) is 0 Å².